The molecule has 2 aromatic rings. The predicted octanol–water partition coefficient (Wildman–Crippen LogP) is 0.114. The third kappa shape index (κ3) is 1.89. The number of fused-ring (bicyclic) bond motifs is 1. The standard InChI is InChI=1S/C7H9N5O2S/c1-2-15(13,14)12-7-5-6(9-3-8-5)10-4-11-7/h3-4H,2H2,1H3,(H2,8,9,10,11,12). The van der Waals surface area contributed by atoms with Crippen molar-refractivity contribution in [2.24, 2.45) is 0 Å². The van der Waals surface area contributed by atoms with Crippen molar-refractivity contribution in [3.05, 3.63) is 12.7 Å². The zero-order valence-electron chi connectivity index (χ0n) is 7.93. The highest BCUT2D eigenvalue weighted by molar-refractivity contribution is 7.92. The van der Waals surface area contributed by atoms with Gasteiger partial charge >= 0.3 is 0 Å². The Balaban J connectivity index is 2.48. The quantitative estimate of drug-likeness (QED) is 0.775. The smallest absolute Gasteiger partial charge is 0.233 e. The van der Waals surface area contributed by atoms with Crippen molar-refractivity contribution in [2.75, 3.05) is 10.5 Å². The van der Waals surface area contributed by atoms with Gasteiger partial charge in [0, 0.05) is 0 Å². The van der Waals surface area contributed by atoms with Crippen LogP contribution in [0.4, 0.5) is 5.82 Å². The molecule has 0 aliphatic heterocycles. The Bertz CT molecular complexity index is 576. The van der Waals surface area contributed by atoms with Crippen molar-refractivity contribution in [3.63, 3.8) is 0 Å². The zero-order chi connectivity index (χ0) is 10.9. The number of rotatable bonds is 3. The van der Waals surface area contributed by atoms with Crippen molar-refractivity contribution in [3.8, 4) is 0 Å². The molecule has 0 unspecified atom stereocenters. The maximum absolute atomic E-state index is 11.3. The Morgan fingerprint density at radius 2 is 2.20 bits per heavy atom. The van der Waals surface area contributed by atoms with Gasteiger partial charge in [-0.05, 0) is 6.92 Å². The van der Waals surface area contributed by atoms with Crippen molar-refractivity contribution < 1.29 is 8.42 Å². The molecular weight excluding hydrogens is 218 g/mol. The molecule has 7 nitrogen and oxygen atoms in total. The fourth-order valence-corrected chi connectivity index (χ4v) is 1.66. The number of aromatic amines is 1. The summed E-state index contributed by atoms with van der Waals surface area (Å²) in [6, 6.07) is 0. The van der Waals surface area contributed by atoms with E-state index >= 15 is 0 Å². The van der Waals surface area contributed by atoms with Crippen LogP contribution < -0.4 is 4.72 Å². The Labute approximate surface area is 86.0 Å². The van der Waals surface area contributed by atoms with Gasteiger partial charge in [0.25, 0.3) is 0 Å². The number of aromatic nitrogens is 4. The molecule has 0 saturated carbocycles. The van der Waals surface area contributed by atoms with Gasteiger partial charge in [0.2, 0.25) is 10.0 Å². The summed E-state index contributed by atoms with van der Waals surface area (Å²) in [5.74, 6) is 0.214. The summed E-state index contributed by atoms with van der Waals surface area (Å²) < 4.78 is 25.0. The van der Waals surface area contributed by atoms with E-state index in [1.165, 1.54) is 12.7 Å². The summed E-state index contributed by atoms with van der Waals surface area (Å²) in [6.45, 7) is 1.55. The van der Waals surface area contributed by atoms with Crippen LogP contribution >= 0.6 is 0 Å². The van der Waals surface area contributed by atoms with Crippen LogP contribution in [0.5, 0.6) is 0 Å². The Kier molecular flexibility index (Phi) is 2.27. The average Bonchev–Trinajstić information content (AvgIpc) is 2.66. The van der Waals surface area contributed by atoms with Gasteiger partial charge in [-0.1, -0.05) is 0 Å². The summed E-state index contributed by atoms with van der Waals surface area (Å²) >= 11 is 0. The first-order valence-corrected chi connectivity index (χ1v) is 5.92. The number of nitrogens with one attached hydrogen (secondary N) is 2. The van der Waals surface area contributed by atoms with E-state index in [9.17, 15) is 8.42 Å². The molecule has 0 fully saturated rings. The molecule has 0 aliphatic rings. The minimum atomic E-state index is -3.33. The van der Waals surface area contributed by atoms with Crippen LogP contribution in [0.15, 0.2) is 12.7 Å². The largest absolute Gasteiger partial charge is 0.340 e. The number of hydrogen-bond donors (Lipinski definition) is 2. The van der Waals surface area contributed by atoms with Crippen molar-refractivity contribution in [2.45, 2.75) is 6.92 Å². The first kappa shape index (κ1) is 9.84. The van der Waals surface area contributed by atoms with Gasteiger partial charge in [-0.2, -0.15) is 0 Å². The fraction of sp³-hybridized carbons (Fsp3) is 0.286. The minimum absolute atomic E-state index is 0.00731. The van der Waals surface area contributed by atoms with E-state index in [-0.39, 0.29) is 11.6 Å². The van der Waals surface area contributed by atoms with Crippen LogP contribution in [0.1, 0.15) is 6.92 Å². The maximum Gasteiger partial charge on any atom is 0.233 e. The molecular formula is C7H9N5O2S. The van der Waals surface area contributed by atoms with E-state index in [1.807, 2.05) is 0 Å². The molecule has 0 bridgehead atoms. The van der Waals surface area contributed by atoms with E-state index in [4.69, 9.17) is 0 Å². The summed E-state index contributed by atoms with van der Waals surface area (Å²) in [5, 5.41) is 0. The highest BCUT2D eigenvalue weighted by atomic mass is 32.2. The molecule has 2 rings (SSSR count). The molecule has 8 heteroatoms. The normalized spacial score (nSPS) is 11.8. The molecule has 15 heavy (non-hydrogen) atoms. The van der Waals surface area contributed by atoms with E-state index in [2.05, 4.69) is 24.7 Å². The number of imidazole rings is 1. The SMILES string of the molecule is CCS(=O)(=O)Nc1ncnc2nc[nH]c12. The third-order valence-corrected chi connectivity index (χ3v) is 3.12. The van der Waals surface area contributed by atoms with Crippen LogP contribution in [0.3, 0.4) is 0 Å². The van der Waals surface area contributed by atoms with Crippen molar-refractivity contribution in [1.82, 2.24) is 19.9 Å². The average molecular weight is 227 g/mol. The topological polar surface area (TPSA) is 101 Å². The lowest BCUT2D eigenvalue weighted by Crippen LogP contribution is -2.15. The van der Waals surface area contributed by atoms with Crippen molar-refractivity contribution in [1.29, 1.82) is 0 Å². The molecule has 0 radical (unpaired) electrons. The van der Waals surface area contributed by atoms with E-state index < -0.39 is 10.0 Å². The first-order valence-electron chi connectivity index (χ1n) is 4.27. The molecule has 2 aromatic heterocycles. The van der Waals surface area contributed by atoms with E-state index in [1.54, 1.807) is 6.92 Å². The third-order valence-electron chi connectivity index (χ3n) is 1.86. The molecule has 2 N–H and O–H groups in total. The number of sulfonamides is 1. The van der Waals surface area contributed by atoms with E-state index in [0.717, 1.165) is 0 Å². The fourth-order valence-electron chi connectivity index (χ4n) is 1.06. The van der Waals surface area contributed by atoms with E-state index in [0.29, 0.717) is 11.2 Å². The molecule has 0 amide bonds. The van der Waals surface area contributed by atoms with Crippen molar-refractivity contribution >= 4 is 27.0 Å². The lowest BCUT2D eigenvalue weighted by atomic mass is 10.5. The highest BCUT2D eigenvalue weighted by Crippen LogP contribution is 2.15. The van der Waals surface area contributed by atoms with Crippen LogP contribution in [-0.4, -0.2) is 34.1 Å². The molecule has 0 aromatic carbocycles. The second-order valence-corrected chi connectivity index (χ2v) is 4.84. The Hall–Kier alpha value is -1.70. The molecule has 80 valence electrons. The molecule has 0 atom stereocenters. The van der Waals surface area contributed by atoms with Gasteiger partial charge in [0.05, 0.1) is 12.1 Å². The number of nitrogens with zero attached hydrogens (tertiary/aromatic N) is 3. The second kappa shape index (κ2) is 3.46. The maximum atomic E-state index is 11.3. The van der Waals surface area contributed by atoms with Gasteiger partial charge in [0.15, 0.2) is 11.5 Å². The Morgan fingerprint density at radius 3 is 2.93 bits per heavy atom. The van der Waals surface area contributed by atoms with Gasteiger partial charge in [-0.3, -0.25) is 4.72 Å². The lowest BCUT2D eigenvalue weighted by molar-refractivity contribution is 0.602. The van der Waals surface area contributed by atoms with Crippen LogP contribution in [0.2, 0.25) is 0 Å². The van der Waals surface area contributed by atoms with Gasteiger partial charge in [-0.25, -0.2) is 23.4 Å². The lowest BCUT2D eigenvalue weighted by Gasteiger charge is -2.04. The van der Waals surface area contributed by atoms with Gasteiger partial charge < -0.3 is 4.98 Å². The predicted molar refractivity (Wildman–Crippen MR) is 54.8 cm³/mol. The summed E-state index contributed by atoms with van der Waals surface area (Å²) in [5.41, 5.74) is 0.910. The summed E-state index contributed by atoms with van der Waals surface area (Å²) in [7, 11) is -3.33. The van der Waals surface area contributed by atoms with Gasteiger partial charge in [-0.15, -0.1) is 0 Å². The van der Waals surface area contributed by atoms with Crippen LogP contribution in [0.25, 0.3) is 11.2 Å². The van der Waals surface area contributed by atoms with Crippen LogP contribution in [0, 0.1) is 0 Å². The molecule has 0 saturated heterocycles. The number of anilines is 1. The number of H-pyrrole nitrogens is 1. The highest BCUT2D eigenvalue weighted by Gasteiger charge is 2.12. The Morgan fingerprint density at radius 1 is 1.40 bits per heavy atom. The minimum Gasteiger partial charge on any atom is -0.340 e. The van der Waals surface area contributed by atoms with Crippen LogP contribution in [-0.2, 0) is 10.0 Å². The number of hydrogen-bond acceptors (Lipinski definition) is 5. The zero-order valence-corrected chi connectivity index (χ0v) is 8.74. The molecule has 0 aliphatic carbocycles. The molecule has 0 spiro atoms. The van der Waals surface area contributed by atoms with Gasteiger partial charge in [0.1, 0.15) is 11.8 Å². The second-order valence-electron chi connectivity index (χ2n) is 2.83. The summed E-state index contributed by atoms with van der Waals surface area (Å²) in [4.78, 5) is 14.4. The monoisotopic (exact) mass is 227 g/mol. The summed E-state index contributed by atoms with van der Waals surface area (Å²) in [6.07, 6.45) is 2.69. The molecule has 2 heterocycles. The first-order chi connectivity index (χ1) is 7.12.